The predicted molar refractivity (Wildman–Crippen MR) is 144 cm³/mol. The van der Waals surface area contributed by atoms with Crippen molar-refractivity contribution in [3.63, 3.8) is 0 Å². The maximum Gasteiger partial charge on any atom is 0.338 e. The molecule has 1 atom stereocenters. The first-order valence-corrected chi connectivity index (χ1v) is 13.3. The van der Waals surface area contributed by atoms with Gasteiger partial charge in [-0.05, 0) is 56.2 Å². The quantitative estimate of drug-likeness (QED) is 0.517. The second-order valence-electron chi connectivity index (χ2n) is 9.41. The van der Waals surface area contributed by atoms with Crippen molar-refractivity contribution in [3.05, 3.63) is 76.7 Å². The van der Waals surface area contributed by atoms with E-state index in [-0.39, 0.29) is 18.5 Å². The number of benzene rings is 2. The second-order valence-corrected chi connectivity index (χ2v) is 9.41. The molecule has 0 radical (unpaired) electrons. The smallest absolute Gasteiger partial charge is 0.338 e. The number of urea groups is 1. The van der Waals surface area contributed by atoms with Crippen molar-refractivity contribution in [2.45, 2.75) is 26.3 Å². The summed E-state index contributed by atoms with van der Waals surface area (Å²) in [5.74, 6) is -0.476. The van der Waals surface area contributed by atoms with Crippen LogP contribution < -0.4 is 10.1 Å². The van der Waals surface area contributed by atoms with Gasteiger partial charge in [0.05, 0.1) is 25.3 Å². The van der Waals surface area contributed by atoms with Gasteiger partial charge in [-0.3, -0.25) is 14.6 Å². The highest BCUT2D eigenvalue weighted by molar-refractivity contribution is 5.95. The first-order chi connectivity index (χ1) is 18.9. The molecule has 2 heterocycles. The number of hydrogen-bond donors (Lipinski definition) is 1. The Bertz CT molecular complexity index is 1230. The summed E-state index contributed by atoms with van der Waals surface area (Å²) in [7, 11) is 1.58. The van der Waals surface area contributed by atoms with Crippen LogP contribution in [-0.2, 0) is 9.53 Å². The number of amides is 3. The van der Waals surface area contributed by atoms with Crippen LogP contribution in [0.3, 0.4) is 0 Å². The average molecular weight is 539 g/mol. The summed E-state index contributed by atoms with van der Waals surface area (Å²) >= 11 is 0. The van der Waals surface area contributed by atoms with Gasteiger partial charge in [-0.2, -0.15) is 0 Å². The molecule has 1 unspecified atom stereocenters. The molecule has 3 amide bonds. The number of rotatable bonds is 8. The number of hydrogen-bond acceptors (Lipinski definition) is 6. The zero-order chi connectivity index (χ0) is 27.9. The lowest BCUT2D eigenvalue weighted by Crippen LogP contribution is -2.51. The Balaban J connectivity index is 1.62. The molecule has 2 aliphatic rings. The van der Waals surface area contributed by atoms with E-state index in [4.69, 9.17) is 9.47 Å². The molecule has 0 saturated carbocycles. The second kappa shape index (κ2) is 12.8. The number of methoxy groups -OCH3 is 1. The molecule has 0 aliphatic carbocycles. The summed E-state index contributed by atoms with van der Waals surface area (Å²) < 4.78 is 24.4. The van der Waals surface area contributed by atoms with E-state index in [2.05, 4.69) is 10.2 Å². The molecule has 4 rings (SSSR count). The Kier molecular flexibility index (Phi) is 9.19. The van der Waals surface area contributed by atoms with Crippen molar-refractivity contribution in [2.24, 2.45) is 0 Å². The lowest BCUT2D eigenvalue weighted by atomic mass is 9.94. The third-order valence-electron chi connectivity index (χ3n) is 7.02. The van der Waals surface area contributed by atoms with Gasteiger partial charge in [0.2, 0.25) is 0 Å². The third kappa shape index (κ3) is 6.39. The van der Waals surface area contributed by atoms with Crippen molar-refractivity contribution in [2.75, 3.05) is 53.0 Å². The van der Waals surface area contributed by atoms with E-state index in [1.165, 1.54) is 18.2 Å². The van der Waals surface area contributed by atoms with E-state index >= 15 is 0 Å². The van der Waals surface area contributed by atoms with Gasteiger partial charge in [-0.25, -0.2) is 14.0 Å². The maximum atomic E-state index is 13.7. The largest absolute Gasteiger partial charge is 0.497 e. The maximum absolute atomic E-state index is 13.7. The number of likely N-dealkylation sites (N-methyl/N-ethyl adjacent to an activating group) is 1. The fourth-order valence-corrected chi connectivity index (χ4v) is 5.05. The molecule has 2 aliphatic heterocycles. The molecule has 208 valence electrons. The highest BCUT2D eigenvalue weighted by Crippen LogP contribution is 2.33. The number of ether oxygens (including phenoxy) is 2. The molecule has 10 heteroatoms. The highest BCUT2D eigenvalue weighted by Gasteiger charge is 2.38. The third-order valence-corrected chi connectivity index (χ3v) is 7.02. The Hall–Kier alpha value is -3.92. The van der Waals surface area contributed by atoms with Crippen LogP contribution in [0.15, 0.2) is 59.8 Å². The van der Waals surface area contributed by atoms with Gasteiger partial charge in [0.15, 0.2) is 0 Å². The monoisotopic (exact) mass is 538 g/mol. The highest BCUT2D eigenvalue weighted by atomic mass is 19.1. The molecule has 2 aromatic carbocycles. The van der Waals surface area contributed by atoms with Gasteiger partial charge >= 0.3 is 12.0 Å². The van der Waals surface area contributed by atoms with Crippen LogP contribution in [0, 0.1) is 5.82 Å². The summed E-state index contributed by atoms with van der Waals surface area (Å²) in [6, 6.07) is 12.0. The van der Waals surface area contributed by atoms with Gasteiger partial charge in [0.1, 0.15) is 11.6 Å². The summed E-state index contributed by atoms with van der Waals surface area (Å²) in [5, 5.41) is 2.97. The number of carbonyl (C=O) groups is 3. The van der Waals surface area contributed by atoms with Crippen LogP contribution in [0.5, 0.6) is 5.75 Å². The predicted octanol–water partition coefficient (Wildman–Crippen LogP) is 3.59. The molecule has 2 aromatic rings. The summed E-state index contributed by atoms with van der Waals surface area (Å²) in [6.45, 7) is 6.69. The van der Waals surface area contributed by atoms with Crippen molar-refractivity contribution in [1.29, 1.82) is 0 Å². The molecule has 1 saturated heterocycles. The molecule has 0 aromatic heterocycles. The van der Waals surface area contributed by atoms with E-state index in [1.54, 1.807) is 42.0 Å². The van der Waals surface area contributed by atoms with Crippen molar-refractivity contribution < 1.29 is 28.2 Å². The molecule has 1 N–H and O–H groups in total. The van der Waals surface area contributed by atoms with E-state index < -0.39 is 17.8 Å². The van der Waals surface area contributed by atoms with E-state index in [9.17, 15) is 18.8 Å². The number of halogens is 1. The van der Waals surface area contributed by atoms with Crippen LogP contribution in [0.2, 0.25) is 0 Å². The SMILES string of the molecule is CCOC(=O)C1=C(CN2CCCN(C(=O)c3cccc(F)c3)CC2)N(CC)C(=O)NC1c1ccc(OC)cc1. The van der Waals surface area contributed by atoms with Crippen LogP contribution >= 0.6 is 0 Å². The standard InChI is InChI=1S/C29H35FN4O5/c1-4-34-24(19-32-14-7-15-33(17-16-32)27(35)21-8-6-9-22(30)18-21)25(28(36)39-5-2)26(31-29(34)37)20-10-12-23(38-3)13-11-20/h6,8-13,18,26H,4-5,7,14-17,19H2,1-3H3,(H,31,37). The van der Waals surface area contributed by atoms with Gasteiger partial charge in [0.25, 0.3) is 5.91 Å². The van der Waals surface area contributed by atoms with Crippen LogP contribution in [0.4, 0.5) is 9.18 Å². The average Bonchev–Trinajstić information content (AvgIpc) is 3.18. The number of carbonyl (C=O) groups excluding carboxylic acids is 3. The van der Waals surface area contributed by atoms with Gasteiger partial charge < -0.3 is 19.7 Å². The van der Waals surface area contributed by atoms with Crippen molar-refractivity contribution in [3.8, 4) is 5.75 Å². The fraction of sp³-hybridized carbons (Fsp3) is 0.414. The van der Waals surface area contributed by atoms with E-state index in [1.807, 2.05) is 19.1 Å². The zero-order valence-corrected chi connectivity index (χ0v) is 22.6. The summed E-state index contributed by atoms with van der Waals surface area (Å²) in [4.78, 5) is 45.0. The first-order valence-electron chi connectivity index (χ1n) is 13.3. The van der Waals surface area contributed by atoms with Gasteiger partial charge in [-0.15, -0.1) is 0 Å². The number of nitrogens with zero attached hydrogens (tertiary/aromatic N) is 3. The number of nitrogens with one attached hydrogen (secondary N) is 1. The minimum atomic E-state index is -0.682. The molecule has 0 spiro atoms. The topological polar surface area (TPSA) is 91.4 Å². The van der Waals surface area contributed by atoms with Crippen LogP contribution in [0.1, 0.15) is 42.2 Å². The molecule has 0 bridgehead atoms. The van der Waals surface area contributed by atoms with E-state index in [0.717, 1.165) is 5.56 Å². The molecular weight excluding hydrogens is 503 g/mol. The zero-order valence-electron chi connectivity index (χ0n) is 22.6. The van der Waals surface area contributed by atoms with Crippen molar-refractivity contribution >= 4 is 17.9 Å². The lowest BCUT2D eigenvalue weighted by molar-refractivity contribution is -0.139. The minimum Gasteiger partial charge on any atom is -0.497 e. The van der Waals surface area contributed by atoms with Gasteiger partial charge in [0, 0.05) is 50.5 Å². The Labute approximate surface area is 228 Å². The lowest BCUT2D eigenvalue weighted by Gasteiger charge is -2.38. The Morgan fingerprint density at radius 1 is 1.05 bits per heavy atom. The van der Waals surface area contributed by atoms with Crippen molar-refractivity contribution in [1.82, 2.24) is 20.0 Å². The summed E-state index contributed by atoms with van der Waals surface area (Å²) in [6.07, 6.45) is 0.698. The van der Waals surface area contributed by atoms with Crippen LogP contribution in [0.25, 0.3) is 0 Å². The Morgan fingerprint density at radius 2 is 1.82 bits per heavy atom. The molecular formula is C29H35FN4O5. The first kappa shape index (κ1) is 28.1. The summed E-state index contributed by atoms with van der Waals surface area (Å²) in [5.41, 5.74) is 2.04. The Morgan fingerprint density at radius 3 is 2.49 bits per heavy atom. The van der Waals surface area contributed by atoms with Gasteiger partial charge in [-0.1, -0.05) is 18.2 Å². The van der Waals surface area contributed by atoms with E-state index in [0.29, 0.717) is 68.3 Å². The van der Waals surface area contributed by atoms with Crippen LogP contribution in [-0.4, -0.2) is 85.6 Å². The minimum absolute atomic E-state index is 0.200. The number of esters is 1. The molecule has 1 fully saturated rings. The molecule has 9 nitrogen and oxygen atoms in total. The normalized spacial score (nSPS) is 18.5. The fourth-order valence-electron chi connectivity index (χ4n) is 5.05. The molecule has 39 heavy (non-hydrogen) atoms.